The van der Waals surface area contributed by atoms with Crippen LogP contribution in [0, 0.1) is 11.8 Å². The van der Waals surface area contributed by atoms with Crippen LogP contribution in [0.25, 0.3) is 0 Å². The van der Waals surface area contributed by atoms with Gasteiger partial charge in [0, 0.05) is 25.6 Å². The molecule has 5 heteroatoms. The number of carbonyl (C=O) groups excluding carboxylic acids is 1. The van der Waals surface area contributed by atoms with Gasteiger partial charge in [0.15, 0.2) is 0 Å². The summed E-state index contributed by atoms with van der Waals surface area (Å²) in [6.45, 7) is 7.27. The molecule has 0 aliphatic heterocycles. The van der Waals surface area contributed by atoms with E-state index >= 15 is 0 Å². The van der Waals surface area contributed by atoms with Crippen LogP contribution in [0.5, 0.6) is 0 Å². The summed E-state index contributed by atoms with van der Waals surface area (Å²) < 4.78 is 0. The fourth-order valence-corrected chi connectivity index (χ4v) is 2.18. The summed E-state index contributed by atoms with van der Waals surface area (Å²) in [5, 5.41) is 11.6. The van der Waals surface area contributed by atoms with Gasteiger partial charge in [-0.2, -0.15) is 0 Å². The van der Waals surface area contributed by atoms with Crippen molar-refractivity contribution in [3.05, 3.63) is 0 Å². The minimum atomic E-state index is -0.813. The first-order valence-corrected chi connectivity index (χ1v) is 7.18. The van der Waals surface area contributed by atoms with Crippen LogP contribution in [0.2, 0.25) is 0 Å². The Morgan fingerprint density at radius 1 is 1.32 bits per heavy atom. The van der Waals surface area contributed by atoms with Crippen LogP contribution < -0.4 is 5.32 Å². The SMILES string of the molecule is CC(CNC(=O)N(CCCC(=O)O)C(C)C)C1CC1. The minimum Gasteiger partial charge on any atom is -0.481 e. The van der Waals surface area contributed by atoms with Crippen molar-refractivity contribution >= 4 is 12.0 Å². The Bertz CT molecular complexity index is 314. The molecular formula is C14H26N2O3. The number of hydrogen-bond acceptors (Lipinski definition) is 2. The number of carboxylic acids is 1. The zero-order chi connectivity index (χ0) is 14.4. The van der Waals surface area contributed by atoms with Crippen molar-refractivity contribution in [2.45, 2.75) is 52.5 Å². The number of carboxylic acid groups (broad SMARTS) is 1. The maximum Gasteiger partial charge on any atom is 0.317 e. The molecule has 1 aliphatic carbocycles. The number of urea groups is 1. The van der Waals surface area contributed by atoms with E-state index in [1.54, 1.807) is 4.90 Å². The van der Waals surface area contributed by atoms with Crippen molar-refractivity contribution in [2.24, 2.45) is 11.8 Å². The molecule has 1 fully saturated rings. The maximum atomic E-state index is 12.1. The molecule has 0 radical (unpaired) electrons. The summed E-state index contributed by atoms with van der Waals surface area (Å²) in [6, 6.07) is 0.0120. The number of nitrogens with zero attached hydrogens (tertiary/aromatic N) is 1. The van der Waals surface area contributed by atoms with Gasteiger partial charge in [-0.25, -0.2) is 4.79 Å². The van der Waals surface area contributed by atoms with E-state index < -0.39 is 5.97 Å². The second-order valence-electron chi connectivity index (χ2n) is 5.79. The maximum absolute atomic E-state index is 12.1. The highest BCUT2D eigenvalue weighted by Crippen LogP contribution is 2.36. The van der Waals surface area contributed by atoms with E-state index in [-0.39, 0.29) is 18.5 Å². The van der Waals surface area contributed by atoms with Gasteiger partial charge < -0.3 is 15.3 Å². The van der Waals surface area contributed by atoms with Crippen LogP contribution in [-0.2, 0) is 4.79 Å². The molecule has 19 heavy (non-hydrogen) atoms. The summed E-state index contributed by atoms with van der Waals surface area (Å²) >= 11 is 0. The van der Waals surface area contributed by atoms with Crippen molar-refractivity contribution in [1.82, 2.24) is 10.2 Å². The molecule has 1 rings (SSSR count). The molecule has 1 aliphatic rings. The molecule has 0 aromatic carbocycles. The van der Waals surface area contributed by atoms with Gasteiger partial charge in [-0.15, -0.1) is 0 Å². The van der Waals surface area contributed by atoms with E-state index in [9.17, 15) is 9.59 Å². The van der Waals surface area contributed by atoms with Crippen molar-refractivity contribution in [3.8, 4) is 0 Å². The Balaban J connectivity index is 2.31. The lowest BCUT2D eigenvalue weighted by Crippen LogP contribution is -2.45. The van der Waals surface area contributed by atoms with Crippen molar-refractivity contribution < 1.29 is 14.7 Å². The predicted octanol–water partition coefficient (Wildman–Crippen LogP) is 2.32. The Labute approximate surface area is 115 Å². The fraction of sp³-hybridized carbons (Fsp3) is 0.857. The molecule has 0 aromatic rings. The smallest absolute Gasteiger partial charge is 0.317 e. The Morgan fingerprint density at radius 3 is 2.42 bits per heavy atom. The number of aliphatic carboxylic acids is 1. The first kappa shape index (κ1) is 15.8. The Morgan fingerprint density at radius 2 is 1.95 bits per heavy atom. The average molecular weight is 270 g/mol. The molecule has 2 amide bonds. The van der Waals surface area contributed by atoms with Crippen LogP contribution in [0.4, 0.5) is 4.79 Å². The first-order chi connectivity index (χ1) is 8.91. The van der Waals surface area contributed by atoms with Gasteiger partial charge in [-0.3, -0.25) is 4.79 Å². The minimum absolute atomic E-state index is 0.0760. The van der Waals surface area contributed by atoms with Gasteiger partial charge in [0.05, 0.1) is 0 Å². The molecule has 110 valence electrons. The third-order valence-corrected chi connectivity index (χ3v) is 3.68. The number of hydrogen-bond donors (Lipinski definition) is 2. The average Bonchev–Trinajstić information content (AvgIpc) is 3.14. The molecule has 0 aromatic heterocycles. The van der Waals surface area contributed by atoms with Crippen LogP contribution in [0.15, 0.2) is 0 Å². The Hall–Kier alpha value is -1.26. The molecule has 0 heterocycles. The van der Waals surface area contributed by atoms with Gasteiger partial charge >= 0.3 is 12.0 Å². The fourth-order valence-electron chi connectivity index (χ4n) is 2.18. The van der Waals surface area contributed by atoms with E-state index in [1.807, 2.05) is 13.8 Å². The van der Waals surface area contributed by atoms with E-state index in [4.69, 9.17) is 5.11 Å². The molecule has 0 bridgehead atoms. The highest BCUT2D eigenvalue weighted by atomic mass is 16.4. The first-order valence-electron chi connectivity index (χ1n) is 7.18. The van der Waals surface area contributed by atoms with Crippen molar-refractivity contribution in [1.29, 1.82) is 0 Å². The Kier molecular flexibility index (Phi) is 6.12. The van der Waals surface area contributed by atoms with Crippen molar-refractivity contribution in [2.75, 3.05) is 13.1 Å². The lowest BCUT2D eigenvalue weighted by Gasteiger charge is -2.27. The number of amides is 2. The lowest BCUT2D eigenvalue weighted by atomic mass is 10.1. The normalized spacial score (nSPS) is 16.2. The van der Waals surface area contributed by atoms with Crippen molar-refractivity contribution in [3.63, 3.8) is 0 Å². The second-order valence-corrected chi connectivity index (χ2v) is 5.79. The van der Waals surface area contributed by atoms with Gasteiger partial charge in [0.2, 0.25) is 0 Å². The molecule has 2 N–H and O–H groups in total. The zero-order valence-corrected chi connectivity index (χ0v) is 12.2. The molecule has 1 atom stereocenters. The highest BCUT2D eigenvalue weighted by molar-refractivity contribution is 5.74. The third-order valence-electron chi connectivity index (χ3n) is 3.68. The molecule has 5 nitrogen and oxygen atoms in total. The molecule has 0 saturated heterocycles. The standard InChI is InChI=1S/C14H26N2O3/c1-10(2)16(8-4-5-13(17)18)14(19)15-9-11(3)12-6-7-12/h10-12H,4-9H2,1-3H3,(H,15,19)(H,17,18). The van der Waals surface area contributed by atoms with E-state index in [1.165, 1.54) is 12.8 Å². The predicted molar refractivity (Wildman–Crippen MR) is 74.0 cm³/mol. The van der Waals surface area contributed by atoms with Gasteiger partial charge in [-0.05, 0) is 44.9 Å². The highest BCUT2D eigenvalue weighted by Gasteiger charge is 2.28. The largest absolute Gasteiger partial charge is 0.481 e. The summed E-state index contributed by atoms with van der Waals surface area (Å²) in [4.78, 5) is 24.3. The molecule has 1 unspecified atom stereocenters. The summed E-state index contributed by atoms with van der Waals surface area (Å²) in [7, 11) is 0. The monoisotopic (exact) mass is 270 g/mol. The van der Waals surface area contributed by atoms with Crippen LogP contribution >= 0.6 is 0 Å². The van der Waals surface area contributed by atoms with Gasteiger partial charge in [0.1, 0.15) is 0 Å². The number of nitrogens with one attached hydrogen (secondary N) is 1. The van der Waals surface area contributed by atoms with Crippen LogP contribution in [0.3, 0.4) is 0 Å². The van der Waals surface area contributed by atoms with Crippen LogP contribution in [0.1, 0.15) is 46.5 Å². The van der Waals surface area contributed by atoms with E-state index in [0.717, 1.165) is 5.92 Å². The van der Waals surface area contributed by atoms with E-state index in [2.05, 4.69) is 12.2 Å². The summed E-state index contributed by atoms with van der Waals surface area (Å²) in [5.41, 5.74) is 0. The third kappa shape index (κ3) is 5.94. The second kappa shape index (κ2) is 7.36. The van der Waals surface area contributed by atoms with Crippen LogP contribution in [-0.4, -0.2) is 41.1 Å². The summed E-state index contributed by atoms with van der Waals surface area (Å²) in [6.07, 6.45) is 3.17. The number of carbonyl (C=O) groups is 2. The lowest BCUT2D eigenvalue weighted by molar-refractivity contribution is -0.137. The zero-order valence-electron chi connectivity index (χ0n) is 12.2. The van der Waals surface area contributed by atoms with E-state index in [0.29, 0.717) is 25.4 Å². The quantitative estimate of drug-likeness (QED) is 0.711. The number of rotatable bonds is 8. The molecule has 1 saturated carbocycles. The van der Waals surface area contributed by atoms with Gasteiger partial charge in [0.25, 0.3) is 0 Å². The summed E-state index contributed by atoms with van der Waals surface area (Å²) in [5.74, 6) is 0.503. The van der Waals surface area contributed by atoms with Gasteiger partial charge in [-0.1, -0.05) is 6.92 Å². The topological polar surface area (TPSA) is 69.6 Å². The molecular weight excluding hydrogens is 244 g/mol. The molecule has 0 spiro atoms.